The van der Waals surface area contributed by atoms with Gasteiger partial charge in [-0.1, -0.05) is 79.4 Å². The quantitative estimate of drug-likeness (QED) is 0.148. The zero-order valence-corrected chi connectivity index (χ0v) is 30.6. The zero-order valence-electron chi connectivity index (χ0n) is 28.9. The summed E-state index contributed by atoms with van der Waals surface area (Å²) in [5.41, 5.74) is 1.86. The van der Waals surface area contributed by atoms with Crippen LogP contribution >= 0.6 is 19.2 Å². The number of hydrogen-bond acceptors (Lipinski definition) is 7. The Morgan fingerprint density at radius 1 is 0.878 bits per heavy atom. The molecule has 0 bridgehead atoms. The molecule has 0 atom stereocenters. The van der Waals surface area contributed by atoms with Gasteiger partial charge in [0.2, 0.25) is 5.91 Å². The molecule has 1 N–H and O–H groups in total. The number of carboxylic acids is 1. The van der Waals surface area contributed by atoms with Crippen LogP contribution in [0.2, 0.25) is 0 Å². The van der Waals surface area contributed by atoms with Crippen molar-refractivity contribution in [3.05, 3.63) is 87.6 Å². The topological polar surface area (TPSA) is 102 Å². The number of nitrogens with zero attached hydrogens (tertiary/aromatic N) is 1. The molecule has 0 spiro atoms. The summed E-state index contributed by atoms with van der Waals surface area (Å²) in [4.78, 5) is 29.4. The van der Waals surface area contributed by atoms with Gasteiger partial charge in [-0.15, -0.1) is 11.3 Å². The molecule has 10 heteroatoms. The van der Waals surface area contributed by atoms with Crippen molar-refractivity contribution in [2.75, 3.05) is 4.90 Å². The van der Waals surface area contributed by atoms with Gasteiger partial charge < -0.3 is 10.0 Å². The summed E-state index contributed by atoms with van der Waals surface area (Å²) in [5.74, 6) is 5.68. The summed E-state index contributed by atoms with van der Waals surface area (Å²) in [6.45, 7) is 8.37. The minimum Gasteiger partial charge on any atom is -0.477 e. The third-order valence-corrected chi connectivity index (χ3v) is 11.6. The number of phosphoric acid groups is 1. The fourth-order valence-corrected chi connectivity index (χ4v) is 8.60. The lowest BCUT2D eigenvalue weighted by molar-refractivity contribution is -0.124. The molecule has 0 radical (unpaired) electrons. The summed E-state index contributed by atoms with van der Waals surface area (Å²) in [6, 6.07) is 20.5. The molecule has 2 fully saturated rings. The van der Waals surface area contributed by atoms with Gasteiger partial charge >= 0.3 is 13.8 Å². The number of carbonyl (C=O) groups excluding carboxylic acids is 1. The summed E-state index contributed by atoms with van der Waals surface area (Å²) in [6.07, 6.45) is 5.23. The molecule has 262 valence electrons. The molecule has 5 rings (SSSR count). The van der Waals surface area contributed by atoms with E-state index in [0.29, 0.717) is 42.2 Å². The molecular weight excluding hydrogens is 657 g/mol. The average molecular weight is 706 g/mol. The number of aromatic carboxylic acids is 1. The number of amides is 1. The Morgan fingerprint density at radius 2 is 1.43 bits per heavy atom. The van der Waals surface area contributed by atoms with Crippen LogP contribution in [0.15, 0.2) is 66.7 Å². The molecule has 2 aliphatic rings. The number of rotatable bonds is 12. The van der Waals surface area contributed by atoms with E-state index in [2.05, 4.69) is 18.8 Å². The van der Waals surface area contributed by atoms with Gasteiger partial charge in [0.1, 0.15) is 4.88 Å². The van der Waals surface area contributed by atoms with E-state index in [0.717, 1.165) is 48.1 Å². The maximum absolute atomic E-state index is 14.3. The highest BCUT2D eigenvalue weighted by Crippen LogP contribution is 2.54. The van der Waals surface area contributed by atoms with E-state index in [1.807, 2.05) is 81.4 Å². The number of carbonyl (C=O) groups is 2. The molecule has 2 aliphatic carbocycles. The third-order valence-electron chi connectivity index (χ3n) is 9.08. The van der Waals surface area contributed by atoms with Gasteiger partial charge in [-0.3, -0.25) is 18.4 Å². The Labute approximate surface area is 294 Å². The van der Waals surface area contributed by atoms with Crippen molar-refractivity contribution in [3.63, 3.8) is 0 Å². The van der Waals surface area contributed by atoms with Gasteiger partial charge in [0.15, 0.2) is 0 Å². The predicted molar refractivity (Wildman–Crippen MR) is 193 cm³/mol. The minimum atomic E-state index is -3.98. The highest BCUT2D eigenvalue weighted by Gasteiger charge is 2.40. The fourth-order valence-electron chi connectivity index (χ4n) is 6.37. The largest absolute Gasteiger partial charge is 0.477 e. The molecular formula is C39H48NO7PS. The molecule has 0 saturated heterocycles. The van der Waals surface area contributed by atoms with E-state index in [9.17, 15) is 19.3 Å². The molecule has 8 nitrogen and oxygen atoms in total. The third kappa shape index (κ3) is 10.6. The molecule has 1 amide bonds. The molecule has 0 unspecified atom stereocenters. The first-order valence-corrected chi connectivity index (χ1v) is 19.6. The van der Waals surface area contributed by atoms with Crippen molar-refractivity contribution in [1.29, 1.82) is 0 Å². The minimum absolute atomic E-state index is 0.0186. The van der Waals surface area contributed by atoms with Gasteiger partial charge in [-0.05, 0) is 95.2 Å². The van der Waals surface area contributed by atoms with Crippen molar-refractivity contribution in [2.24, 2.45) is 17.3 Å². The van der Waals surface area contributed by atoms with Crippen molar-refractivity contribution in [1.82, 2.24) is 0 Å². The SMILES string of the molecule is CC1CCC(C(=O)N(c2cc(C#CC(C)(C)C)sc2C(=O)O)C2CCC(OP(=O)(OCc3ccccc3)OCc3ccccc3)CC2)CC1. The van der Waals surface area contributed by atoms with Crippen LogP contribution in [0.5, 0.6) is 0 Å². The second-order valence-electron chi connectivity index (χ2n) is 14.3. The number of hydrogen-bond donors (Lipinski definition) is 1. The number of benzene rings is 2. The Bertz CT molecular complexity index is 1610. The standard InChI is InChI=1S/C39H48NO7PS/c1-28-15-17-31(18-16-28)37(41)40(35-25-34(23-24-39(2,3)4)49-36(35)38(42)43)32-19-21-33(22-20-32)47-48(44,45-26-29-11-7-5-8-12-29)46-27-30-13-9-6-10-14-30/h5-14,25,28,31-33H,15-22,26-27H2,1-4H3,(H,42,43). The lowest BCUT2D eigenvalue weighted by Crippen LogP contribution is -2.47. The highest BCUT2D eigenvalue weighted by molar-refractivity contribution is 7.48. The summed E-state index contributed by atoms with van der Waals surface area (Å²) < 4.78 is 32.0. The van der Waals surface area contributed by atoms with Gasteiger partial charge in [0.05, 0.1) is 29.9 Å². The van der Waals surface area contributed by atoms with Gasteiger partial charge in [-0.25, -0.2) is 9.36 Å². The zero-order chi connectivity index (χ0) is 35.0. The van der Waals surface area contributed by atoms with Crippen LogP contribution in [0, 0.1) is 29.1 Å². The van der Waals surface area contributed by atoms with E-state index >= 15 is 0 Å². The predicted octanol–water partition coefficient (Wildman–Crippen LogP) is 9.87. The van der Waals surface area contributed by atoms with E-state index in [1.165, 1.54) is 0 Å². The monoisotopic (exact) mass is 705 g/mol. The van der Waals surface area contributed by atoms with Crippen molar-refractivity contribution >= 4 is 36.7 Å². The first-order valence-electron chi connectivity index (χ1n) is 17.3. The van der Waals surface area contributed by atoms with E-state index in [-0.39, 0.29) is 41.4 Å². The van der Waals surface area contributed by atoms with Gasteiger partial charge in [-0.2, -0.15) is 0 Å². The molecule has 1 aromatic heterocycles. The van der Waals surface area contributed by atoms with E-state index in [4.69, 9.17) is 13.6 Å². The first kappa shape index (κ1) is 37.0. The summed E-state index contributed by atoms with van der Waals surface area (Å²) >= 11 is 1.12. The Kier molecular flexibility index (Phi) is 12.6. The first-order chi connectivity index (χ1) is 23.4. The Hall–Kier alpha value is -3.25. The molecule has 2 saturated carbocycles. The van der Waals surface area contributed by atoms with Crippen molar-refractivity contribution in [2.45, 2.75) is 104 Å². The van der Waals surface area contributed by atoms with Crippen molar-refractivity contribution < 1.29 is 32.8 Å². The molecule has 1 heterocycles. The summed E-state index contributed by atoms with van der Waals surface area (Å²) in [7, 11) is -3.98. The van der Waals surface area contributed by atoms with Crippen LogP contribution in [-0.2, 0) is 36.1 Å². The number of carboxylic acid groups (broad SMARTS) is 1. The lowest BCUT2D eigenvalue weighted by atomic mass is 9.81. The highest BCUT2D eigenvalue weighted by atomic mass is 32.1. The average Bonchev–Trinajstić information content (AvgIpc) is 3.52. The van der Waals surface area contributed by atoms with E-state index < -0.39 is 19.9 Å². The Morgan fingerprint density at radius 3 is 1.94 bits per heavy atom. The van der Waals surface area contributed by atoms with Crippen LogP contribution in [0.1, 0.15) is 105 Å². The van der Waals surface area contributed by atoms with Crippen molar-refractivity contribution in [3.8, 4) is 11.8 Å². The number of anilines is 1. The molecule has 3 aromatic rings. The molecule has 49 heavy (non-hydrogen) atoms. The smallest absolute Gasteiger partial charge is 0.475 e. The lowest BCUT2D eigenvalue weighted by Gasteiger charge is -2.39. The Balaban J connectivity index is 1.35. The van der Waals surface area contributed by atoms with Crippen LogP contribution < -0.4 is 4.90 Å². The second kappa shape index (κ2) is 16.6. The van der Waals surface area contributed by atoms with Crippen LogP contribution in [0.4, 0.5) is 5.69 Å². The van der Waals surface area contributed by atoms with E-state index in [1.54, 1.807) is 11.0 Å². The summed E-state index contributed by atoms with van der Waals surface area (Å²) in [5, 5.41) is 10.3. The van der Waals surface area contributed by atoms with Gasteiger partial charge in [0.25, 0.3) is 0 Å². The fraction of sp³-hybridized carbons (Fsp3) is 0.487. The number of thiophene rings is 1. The van der Waals surface area contributed by atoms with Crippen LogP contribution in [-0.4, -0.2) is 29.1 Å². The molecule has 0 aliphatic heterocycles. The number of phosphoric ester groups is 1. The van der Waals surface area contributed by atoms with Crippen LogP contribution in [0.25, 0.3) is 0 Å². The normalized spacial score (nSPS) is 21.4. The maximum Gasteiger partial charge on any atom is 0.475 e. The second-order valence-corrected chi connectivity index (χ2v) is 17.0. The maximum atomic E-state index is 14.3. The molecule has 2 aromatic carbocycles. The van der Waals surface area contributed by atoms with Gasteiger partial charge in [0, 0.05) is 17.4 Å². The van der Waals surface area contributed by atoms with Crippen LogP contribution in [0.3, 0.4) is 0 Å².